The van der Waals surface area contributed by atoms with Gasteiger partial charge in [-0.25, -0.2) is 4.68 Å². The Kier molecular flexibility index (Phi) is 6.22. The van der Waals surface area contributed by atoms with Gasteiger partial charge in [-0.1, -0.05) is 35.5 Å². The van der Waals surface area contributed by atoms with E-state index >= 15 is 0 Å². The fraction of sp³-hybridized carbons (Fsp3) is 0.640. The summed E-state index contributed by atoms with van der Waals surface area (Å²) in [6, 6.07) is 10.8. The zero-order valence-corrected chi connectivity index (χ0v) is 20.1. The molecule has 3 fully saturated rings. The second-order valence-electron chi connectivity index (χ2n) is 10.7. The molecule has 2 saturated carbocycles. The van der Waals surface area contributed by atoms with Gasteiger partial charge in [0.2, 0.25) is 5.91 Å². The monoisotopic (exact) mass is 467 g/mol. The van der Waals surface area contributed by atoms with Gasteiger partial charge in [-0.3, -0.25) is 14.6 Å². The Labute approximate surface area is 201 Å². The average Bonchev–Trinajstić information content (AvgIpc) is 3.38. The largest absolute Gasteiger partial charge is 0.389 e. The van der Waals surface area contributed by atoms with Crippen molar-refractivity contribution in [2.75, 3.05) is 26.8 Å². The molecular weight excluding hydrogens is 430 g/mol. The number of amides is 1. The van der Waals surface area contributed by atoms with Crippen LogP contribution in [-0.2, 0) is 23.4 Å². The molecule has 34 heavy (non-hydrogen) atoms. The number of primary amides is 1. The lowest BCUT2D eigenvalue weighted by Crippen LogP contribution is -2.58. The minimum absolute atomic E-state index is 0.00354. The van der Waals surface area contributed by atoms with Crippen molar-refractivity contribution >= 4 is 5.91 Å². The molecule has 4 N–H and O–H groups in total. The van der Waals surface area contributed by atoms with E-state index in [1.54, 1.807) is 0 Å². The van der Waals surface area contributed by atoms with Crippen LogP contribution in [0.5, 0.6) is 0 Å². The number of rotatable bonds is 8. The maximum Gasteiger partial charge on any atom is 0.239 e. The number of hydrogen-bond acceptors (Lipinski definition) is 7. The highest BCUT2D eigenvalue weighted by Crippen LogP contribution is 2.47. The predicted molar refractivity (Wildman–Crippen MR) is 128 cm³/mol. The first-order valence-corrected chi connectivity index (χ1v) is 12.5. The molecule has 0 unspecified atom stereocenters. The van der Waals surface area contributed by atoms with Crippen LogP contribution in [0.1, 0.15) is 56.2 Å². The Hall–Kier alpha value is -2.33. The topological polar surface area (TPSA) is 113 Å². The number of carbonyl (C=O) groups is 1. The molecule has 9 nitrogen and oxygen atoms in total. The quantitative estimate of drug-likeness (QED) is 0.534. The highest BCUT2D eigenvalue weighted by Gasteiger charge is 2.52. The lowest BCUT2D eigenvalue weighted by atomic mass is 9.68. The summed E-state index contributed by atoms with van der Waals surface area (Å²) in [5.74, 6) is -0.426. The molecular formula is C25H37N7O2. The Morgan fingerprint density at radius 3 is 2.50 bits per heavy atom. The van der Waals surface area contributed by atoms with Crippen LogP contribution in [0.4, 0.5) is 0 Å². The molecule has 0 bridgehead atoms. The number of aliphatic hydroxyl groups is 1. The first kappa shape index (κ1) is 23.4. The molecule has 184 valence electrons. The molecule has 0 atom stereocenters. The smallest absolute Gasteiger partial charge is 0.239 e. The van der Waals surface area contributed by atoms with Gasteiger partial charge in [0.25, 0.3) is 0 Å². The minimum atomic E-state index is -0.551. The van der Waals surface area contributed by atoms with Crippen LogP contribution in [0, 0.1) is 0 Å². The van der Waals surface area contributed by atoms with Crippen molar-refractivity contribution in [1.82, 2.24) is 30.1 Å². The first-order chi connectivity index (χ1) is 16.3. The molecule has 2 heterocycles. The molecule has 1 saturated heterocycles. The summed E-state index contributed by atoms with van der Waals surface area (Å²) >= 11 is 0. The summed E-state index contributed by atoms with van der Waals surface area (Å²) in [5.41, 5.74) is 6.98. The molecule has 1 aromatic carbocycles. The van der Waals surface area contributed by atoms with Crippen LogP contribution in [0.3, 0.4) is 0 Å². The first-order valence-electron chi connectivity index (χ1n) is 12.5. The number of benzene rings is 1. The predicted octanol–water partition coefficient (Wildman–Crippen LogP) is 1.18. The standard InChI is InChI=1S/C25H37N7O2/c1-27-25(20-6-3-2-4-7-20)12-10-23(11-13-25)17-30(19-31(23)18-24(34)8-5-9-24)14-21-15-32(29-28-21)16-22(26)33/h2-4,6-7,15,27,34H,5,8-14,16-19H2,1H3,(H2,26,33)/t23-,25+. The molecule has 9 heteroatoms. The highest BCUT2D eigenvalue weighted by molar-refractivity contribution is 5.73. The normalized spacial score (nSPS) is 29.4. The molecule has 5 rings (SSSR count). The summed E-state index contributed by atoms with van der Waals surface area (Å²) in [6.45, 7) is 3.20. The second-order valence-corrected chi connectivity index (χ2v) is 10.7. The van der Waals surface area contributed by atoms with E-state index in [0.717, 1.165) is 70.4 Å². The van der Waals surface area contributed by atoms with E-state index in [1.807, 2.05) is 6.20 Å². The van der Waals surface area contributed by atoms with Crippen LogP contribution in [0.15, 0.2) is 36.5 Å². The van der Waals surface area contributed by atoms with Gasteiger partial charge in [0, 0.05) is 30.7 Å². The van der Waals surface area contributed by atoms with Gasteiger partial charge in [-0.2, -0.15) is 0 Å². The zero-order chi connectivity index (χ0) is 23.8. The summed E-state index contributed by atoms with van der Waals surface area (Å²) in [7, 11) is 2.08. The molecule has 3 aliphatic rings. The van der Waals surface area contributed by atoms with Gasteiger partial charge >= 0.3 is 0 Å². The zero-order valence-electron chi connectivity index (χ0n) is 20.1. The average molecular weight is 468 g/mol. The summed E-state index contributed by atoms with van der Waals surface area (Å²) in [4.78, 5) is 16.2. The number of aromatic nitrogens is 3. The molecule has 2 aromatic rings. The lowest BCUT2D eigenvalue weighted by molar-refractivity contribution is -0.118. The molecule has 1 aromatic heterocycles. The molecule has 2 aliphatic carbocycles. The van der Waals surface area contributed by atoms with Crippen LogP contribution in [-0.4, -0.2) is 73.8 Å². The lowest BCUT2D eigenvalue weighted by Gasteiger charge is -2.51. The molecule has 0 radical (unpaired) electrons. The number of nitrogens with zero attached hydrogens (tertiary/aromatic N) is 5. The molecule has 1 spiro atoms. The fourth-order valence-electron chi connectivity index (χ4n) is 6.31. The van der Waals surface area contributed by atoms with Crippen LogP contribution < -0.4 is 11.1 Å². The van der Waals surface area contributed by atoms with Crippen LogP contribution in [0.2, 0.25) is 0 Å². The summed E-state index contributed by atoms with van der Waals surface area (Å²) in [5, 5.41) is 23.0. The van der Waals surface area contributed by atoms with E-state index in [2.05, 4.69) is 62.8 Å². The second kappa shape index (κ2) is 9.03. The van der Waals surface area contributed by atoms with Crippen molar-refractivity contribution in [3.8, 4) is 0 Å². The number of nitrogens with two attached hydrogens (primary N) is 1. The van der Waals surface area contributed by atoms with Gasteiger partial charge < -0.3 is 16.2 Å². The van der Waals surface area contributed by atoms with Crippen LogP contribution >= 0.6 is 0 Å². The van der Waals surface area contributed by atoms with Crippen molar-refractivity contribution in [1.29, 1.82) is 0 Å². The van der Waals surface area contributed by atoms with E-state index in [4.69, 9.17) is 5.73 Å². The van der Waals surface area contributed by atoms with E-state index in [1.165, 1.54) is 10.2 Å². The minimum Gasteiger partial charge on any atom is -0.389 e. The third-order valence-electron chi connectivity index (χ3n) is 8.46. The van der Waals surface area contributed by atoms with Gasteiger partial charge in [0.15, 0.2) is 0 Å². The number of nitrogens with one attached hydrogen (secondary N) is 1. The van der Waals surface area contributed by atoms with Crippen molar-refractivity contribution in [2.45, 2.75) is 74.7 Å². The third kappa shape index (κ3) is 4.49. The van der Waals surface area contributed by atoms with Crippen molar-refractivity contribution in [3.05, 3.63) is 47.8 Å². The Morgan fingerprint density at radius 1 is 1.15 bits per heavy atom. The Morgan fingerprint density at radius 2 is 1.88 bits per heavy atom. The van der Waals surface area contributed by atoms with E-state index in [9.17, 15) is 9.90 Å². The van der Waals surface area contributed by atoms with Gasteiger partial charge in [-0.05, 0) is 57.6 Å². The van der Waals surface area contributed by atoms with Crippen LogP contribution in [0.25, 0.3) is 0 Å². The van der Waals surface area contributed by atoms with E-state index in [-0.39, 0.29) is 17.6 Å². The van der Waals surface area contributed by atoms with Crippen molar-refractivity contribution in [3.63, 3.8) is 0 Å². The Bertz CT molecular complexity index is 996. The van der Waals surface area contributed by atoms with E-state index in [0.29, 0.717) is 6.54 Å². The SMILES string of the molecule is CN[C@]1(c2ccccc2)CC[C@]2(CC1)CN(Cc1cn(CC(N)=O)nn1)CN2CC1(O)CCC1. The third-order valence-corrected chi connectivity index (χ3v) is 8.46. The number of carbonyl (C=O) groups excluding carboxylic acids is 1. The molecule has 1 aliphatic heterocycles. The van der Waals surface area contributed by atoms with E-state index < -0.39 is 11.5 Å². The van der Waals surface area contributed by atoms with Crippen molar-refractivity contribution < 1.29 is 9.90 Å². The van der Waals surface area contributed by atoms with Gasteiger partial charge in [-0.15, -0.1) is 5.10 Å². The Balaban J connectivity index is 1.33. The van der Waals surface area contributed by atoms with Gasteiger partial charge in [0.1, 0.15) is 6.54 Å². The maximum absolute atomic E-state index is 11.2. The highest BCUT2D eigenvalue weighted by atomic mass is 16.3. The number of hydrogen-bond donors (Lipinski definition) is 3. The fourth-order valence-corrected chi connectivity index (χ4v) is 6.31. The maximum atomic E-state index is 11.2. The van der Waals surface area contributed by atoms with Gasteiger partial charge in [0.05, 0.1) is 24.2 Å². The van der Waals surface area contributed by atoms with Crippen molar-refractivity contribution in [2.24, 2.45) is 5.73 Å². The number of β-amino-alcohol motifs (C(OH)–C–C–N with tert-alkyl or cyclic N) is 1. The summed E-state index contributed by atoms with van der Waals surface area (Å²) < 4.78 is 1.50. The molecule has 1 amide bonds. The summed E-state index contributed by atoms with van der Waals surface area (Å²) in [6.07, 6.45) is 8.98.